The molecule has 0 radical (unpaired) electrons. The first-order valence-electron chi connectivity index (χ1n) is 10.2. The van der Waals surface area contributed by atoms with Gasteiger partial charge in [0.05, 0.1) is 11.1 Å². The lowest BCUT2D eigenvalue weighted by Gasteiger charge is -2.36. The van der Waals surface area contributed by atoms with Gasteiger partial charge in [0.1, 0.15) is 13.2 Å². The largest absolute Gasteiger partial charge is 0.481 e. The van der Waals surface area contributed by atoms with Gasteiger partial charge in [-0.1, -0.05) is 25.3 Å². The number of carboxylic acid groups (broad SMARTS) is 2. The molecule has 8 heteroatoms. The van der Waals surface area contributed by atoms with E-state index in [1.165, 1.54) is 24.3 Å². The third-order valence-electron chi connectivity index (χ3n) is 5.33. The molecule has 1 aromatic rings. The Hall–Kier alpha value is -2.90. The van der Waals surface area contributed by atoms with Gasteiger partial charge in [-0.05, 0) is 43.9 Å². The lowest BCUT2D eigenvalue weighted by Crippen LogP contribution is -2.36. The molecule has 1 aliphatic carbocycles. The van der Waals surface area contributed by atoms with E-state index in [1.54, 1.807) is 0 Å². The van der Waals surface area contributed by atoms with Crippen molar-refractivity contribution in [2.75, 3.05) is 13.2 Å². The number of unbranched alkanes of at least 4 members (excludes halogenated alkanes) is 1. The zero-order chi connectivity index (χ0) is 22.0. The number of aromatic carboxylic acids is 1. The van der Waals surface area contributed by atoms with Gasteiger partial charge in [-0.3, -0.25) is 9.59 Å². The summed E-state index contributed by atoms with van der Waals surface area (Å²) < 4.78 is 10.9. The van der Waals surface area contributed by atoms with Crippen LogP contribution < -0.4 is 0 Å². The first kappa shape index (κ1) is 23.4. The molecule has 0 unspecified atom stereocenters. The number of rotatable bonds is 11. The van der Waals surface area contributed by atoms with Crippen molar-refractivity contribution >= 4 is 23.9 Å². The highest BCUT2D eigenvalue weighted by Gasteiger charge is 2.35. The zero-order valence-electron chi connectivity index (χ0n) is 16.9. The van der Waals surface area contributed by atoms with E-state index in [0.29, 0.717) is 12.8 Å². The van der Waals surface area contributed by atoms with Crippen LogP contribution in [0.15, 0.2) is 24.3 Å². The van der Waals surface area contributed by atoms with Gasteiger partial charge in [0, 0.05) is 18.3 Å². The standard InChI is InChI=1S/C22H28O8/c23-18(24)9-2-3-10-19(25)29-14-22(11-4-1-5-12-22)15-30-21(28)17-8-6-7-16(13-17)20(26)27/h6-8,13H,1-5,9-12,14-15H2,(H,23,24)(H,26,27). The normalized spacial score (nSPS) is 15.2. The minimum absolute atomic E-state index is 0.00802. The number of carboxylic acids is 2. The Labute approximate surface area is 175 Å². The van der Waals surface area contributed by atoms with Gasteiger partial charge >= 0.3 is 23.9 Å². The summed E-state index contributed by atoms with van der Waals surface area (Å²) in [5.74, 6) is -3.00. The average Bonchev–Trinajstić information content (AvgIpc) is 2.74. The van der Waals surface area contributed by atoms with Gasteiger partial charge in [-0.25, -0.2) is 9.59 Å². The number of ether oxygens (including phenoxy) is 2. The first-order chi connectivity index (χ1) is 14.3. The highest BCUT2D eigenvalue weighted by molar-refractivity contribution is 5.94. The highest BCUT2D eigenvalue weighted by Crippen LogP contribution is 2.37. The second-order valence-electron chi connectivity index (χ2n) is 7.78. The summed E-state index contributed by atoms with van der Waals surface area (Å²) in [4.78, 5) is 46.0. The summed E-state index contributed by atoms with van der Waals surface area (Å²) in [6, 6.07) is 5.66. The highest BCUT2D eigenvalue weighted by atomic mass is 16.5. The monoisotopic (exact) mass is 420 g/mol. The predicted molar refractivity (Wildman–Crippen MR) is 106 cm³/mol. The fourth-order valence-corrected chi connectivity index (χ4v) is 3.56. The number of carbonyl (C=O) groups excluding carboxylic acids is 2. The Morgan fingerprint density at radius 1 is 0.867 bits per heavy atom. The molecular formula is C22H28O8. The molecule has 164 valence electrons. The maximum Gasteiger partial charge on any atom is 0.338 e. The molecule has 1 fully saturated rings. The van der Waals surface area contributed by atoms with Crippen LogP contribution in [-0.2, 0) is 19.1 Å². The summed E-state index contributed by atoms with van der Waals surface area (Å²) in [6.45, 7) is 0.239. The van der Waals surface area contributed by atoms with E-state index in [0.717, 1.165) is 32.1 Å². The fourth-order valence-electron chi connectivity index (χ4n) is 3.56. The second kappa shape index (κ2) is 11.3. The number of carbonyl (C=O) groups is 4. The third kappa shape index (κ3) is 7.50. The van der Waals surface area contributed by atoms with Crippen LogP contribution in [0.2, 0.25) is 0 Å². The lowest BCUT2D eigenvalue weighted by molar-refractivity contribution is -0.150. The van der Waals surface area contributed by atoms with Gasteiger partial charge in [-0.2, -0.15) is 0 Å². The second-order valence-corrected chi connectivity index (χ2v) is 7.78. The van der Waals surface area contributed by atoms with Gasteiger partial charge in [0.2, 0.25) is 0 Å². The number of benzene rings is 1. The molecule has 2 rings (SSSR count). The van der Waals surface area contributed by atoms with Gasteiger partial charge in [-0.15, -0.1) is 0 Å². The topological polar surface area (TPSA) is 127 Å². The summed E-state index contributed by atoms with van der Waals surface area (Å²) >= 11 is 0. The van der Waals surface area contributed by atoms with Crippen molar-refractivity contribution < 1.29 is 38.9 Å². The SMILES string of the molecule is O=C(O)CCCCC(=O)OCC1(COC(=O)c2cccc(C(=O)O)c2)CCCCC1. The maximum atomic E-state index is 12.4. The van der Waals surface area contributed by atoms with Crippen molar-refractivity contribution in [1.82, 2.24) is 0 Å². The van der Waals surface area contributed by atoms with E-state index in [4.69, 9.17) is 19.7 Å². The summed E-state index contributed by atoms with van der Waals surface area (Å²) in [5, 5.41) is 17.7. The Bertz CT molecular complexity index is 764. The number of aliphatic carboxylic acids is 1. The molecule has 0 bridgehead atoms. The average molecular weight is 420 g/mol. The van der Waals surface area contributed by atoms with E-state index in [9.17, 15) is 19.2 Å². The molecule has 30 heavy (non-hydrogen) atoms. The number of hydrogen-bond donors (Lipinski definition) is 2. The summed E-state index contributed by atoms with van der Waals surface area (Å²) in [7, 11) is 0. The molecule has 0 amide bonds. The van der Waals surface area contributed by atoms with E-state index in [2.05, 4.69) is 0 Å². The van der Waals surface area contributed by atoms with Crippen LogP contribution in [0.5, 0.6) is 0 Å². The molecule has 1 aliphatic rings. The molecule has 0 aromatic heterocycles. The minimum Gasteiger partial charge on any atom is -0.481 e. The van der Waals surface area contributed by atoms with Gasteiger partial charge < -0.3 is 19.7 Å². The van der Waals surface area contributed by atoms with E-state index < -0.39 is 23.3 Å². The first-order valence-corrected chi connectivity index (χ1v) is 10.2. The zero-order valence-corrected chi connectivity index (χ0v) is 16.9. The Morgan fingerprint density at radius 3 is 2.17 bits per heavy atom. The maximum absolute atomic E-state index is 12.4. The van der Waals surface area contributed by atoms with Crippen LogP contribution in [-0.4, -0.2) is 47.3 Å². The van der Waals surface area contributed by atoms with E-state index >= 15 is 0 Å². The van der Waals surface area contributed by atoms with Crippen LogP contribution in [0.1, 0.15) is 78.5 Å². The molecule has 8 nitrogen and oxygen atoms in total. The van der Waals surface area contributed by atoms with Crippen LogP contribution in [0.25, 0.3) is 0 Å². The molecule has 1 saturated carbocycles. The predicted octanol–water partition coefficient (Wildman–Crippen LogP) is 3.68. The molecule has 2 N–H and O–H groups in total. The third-order valence-corrected chi connectivity index (χ3v) is 5.33. The summed E-state index contributed by atoms with van der Waals surface area (Å²) in [5.41, 5.74) is -0.278. The fraction of sp³-hybridized carbons (Fsp3) is 0.545. The quantitative estimate of drug-likeness (QED) is 0.410. The lowest BCUT2D eigenvalue weighted by atomic mass is 9.75. The molecular weight excluding hydrogens is 392 g/mol. The van der Waals surface area contributed by atoms with Gasteiger partial charge in [0.15, 0.2) is 0 Å². The van der Waals surface area contributed by atoms with Crippen LogP contribution in [0.3, 0.4) is 0 Å². The Balaban J connectivity index is 1.89. The van der Waals surface area contributed by atoms with Gasteiger partial charge in [0.25, 0.3) is 0 Å². The summed E-state index contributed by atoms with van der Waals surface area (Å²) in [6.07, 6.45) is 5.55. The van der Waals surface area contributed by atoms with Crippen molar-refractivity contribution in [3.63, 3.8) is 0 Å². The van der Waals surface area contributed by atoms with Crippen molar-refractivity contribution in [3.8, 4) is 0 Å². The van der Waals surface area contributed by atoms with E-state index in [-0.39, 0.29) is 43.2 Å². The van der Waals surface area contributed by atoms with Crippen LogP contribution in [0.4, 0.5) is 0 Å². The van der Waals surface area contributed by atoms with Crippen molar-refractivity contribution in [3.05, 3.63) is 35.4 Å². The van der Waals surface area contributed by atoms with Crippen molar-refractivity contribution in [1.29, 1.82) is 0 Å². The Morgan fingerprint density at radius 2 is 1.50 bits per heavy atom. The smallest absolute Gasteiger partial charge is 0.338 e. The minimum atomic E-state index is -1.12. The number of esters is 2. The molecule has 0 spiro atoms. The van der Waals surface area contributed by atoms with Crippen LogP contribution >= 0.6 is 0 Å². The molecule has 0 saturated heterocycles. The Kier molecular flexibility index (Phi) is 8.83. The molecule has 1 aromatic carbocycles. The van der Waals surface area contributed by atoms with E-state index in [1.807, 2.05) is 0 Å². The molecule has 0 atom stereocenters. The van der Waals surface area contributed by atoms with Crippen LogP contribution in [0, 0.1) is 5.41 Å². The van der Waals surface area contributed by atoms with Crippen molar-refractivity contribution in [2.45, 2.75) is 57.8 Å². The molecule has 0 heterocycles. The molecule has 0 aliphatic heterocycles. The van der Waals surface area contributed by atoms with Crippen molar-refractivity contribution in [2.24, 2.45) is 5.41 Å². The number of hydrogen-bond acceptors (Lipinski definition) is 6.